The van der Waals surface area contributed by atoms with Crippen LogP contribution in [0, 0.1) is 13.8 Å². The first-order valence-electron chi connectivity index (χ1n) is 4.93. The maximum absolute atomic E-state index is 11.1. The zero-order valence-electron chi connectivity index (χ0n) is 9.55. The number of hydrogen-bond donors (Lipinski definition) is 1. The number of carbonyl (C=O) groups is 1. The van der Waals surface area contributed by atoms with E-state index < -0.39 is 5.97 Å². The van der Waals surface area contributed by atoms with Gasteiger partial charge >= 0.3 is 5.97 Å². The molecule has 0 aromatic heterocycles. The van der Waals surface area contributed by atoms with Crippen LogP contribution in [0.2, 0.25) is 0 Å². The highest BCUT2D eigenvalue weighted by Crippen LogP contribution is 2.29. The van der Waals surface area contributed by atoms with E-state index in [1.807, 2.05) is 26.8 Å². The van der Waals surface area contributed by atoms with Crippen molar-refractivity contribution in [3.05, 3.63) is 28.3 Å². The first-order valence-corrected chi connectivity index (χ1v) is 4.93. The Bertz CT molecular complexity index is 394. The predicted molar refractivity (Wildman–Crippen MR) is 58.8 cm³/mol. The number of benzene rings is 1. The van der Waals surface area contributed by atoms with E-state index in [1.54, 1.807) is 0 Å². The molecule has 1 aromatic rings. The summed E-state index contributed by atoms with van der Waals surface area (Å²) in [5.41, 5.74) is 3.02. The van der Waals surface area contributed by atoms with E-state index in [0.29, 0.717) is 5.75 Å². The van der Waals surface area contributed by atoms with Crippen molar-refractivity contribution in [2.75, 3.05) is 7.11 Å². The van der Waals surface area contributed by atoms with Crippen molar-refractivity contribution in [1.82, 2.24) is 0 Å². The van der Waals surface area contributed by atoms with Gasteiger partial charge in [-0.25, -0.2) is 4.79 Å². The Kier molecular flexibility index (Phi) is 3.35. The summed E-state index contributed by atoms with van der Waals surface area (Å²) in [6, 6.07) is 1.99. The lowest BCUT2D eigenvalue weighted by atomic mass is 9.96. The number of ether oxygens (including phenoxy) is 1. The lowest BCUT2D eigenvalue weighted by Crippen LogP contribution is -2.07. The lowest BCUT2D eigenvalue weighted by molar-refractivity contribution is 0.0692. The van der Waals surface area contributed by atoms with E-state index in [9.17, 15) is 4.79 Å². The average Bonchev–Trinajstić information content (AvgIpc) is 2.19. The van der Waals surface area contributed by atoms with Crippen molar-refractivity contribution >= 4 is 5.97 Å². The summed E-state index contributed by atoms with van der Waals surface area (Å²) in [5.74, 6) is -0.458. The lowest BCUT2D eigenvalue weighted by Gasteiger charge is -2.14. The van der Waals surface area contributed by atoms with Crippen molar-refractivity contribution in [3.8, 4) is 5.75 Å². The van der Waals surface area contributed by atoms with Crippen LogP contribution in [0.25, 0.3) is 0 Å². The monoisotopic (exact) mass is 208 g/mol. The topological polar surface area (TPSA) is 46.5 Å². The second-order valence-corrected chi connectivity index (χ2v) is 3.54. The molecule has 0 heterocycles. The highest BCUT2D eigenvalue weighted by atomic mass is 16.5. The first kappa shape index (κ1) is 11.6. The molecule has 0 saturated heterocycles. The van der Waals surface area contributed by atoms with E-state index >= 15 is 0 Å². The molecule has 0 unspecified atom stereocenters. The minimum atomic E-state index is -0.928. The molecule has 0 fully saturated rings. The van der Waals surface area contributed by atoms with Crippen LogP contribution in [0.3, 0.4) is 0 Å². The highest BCUT2D eigenvalue weighted by molar-refractivity contribution is 5.93. The molecule has 0 atom stereocenters. The summed E-state index contributed by atoms with van der Waals surface area (Å²) in [6.45, 7) is 5.70. The third-order valence-electron chi connectivity index (χ3n) is 2.63. The predicted octanol–water partition coefficient (Wildman–Crippen LogP) is 2.57. The normalized spacial score (nSPS) is 10.1. The van der Waals surface area contributed by atoms with Crippen LogP contribution >= 0.6 is 0 Å². The average molecular weight is 208 g/mol. The number of rotatable bonds is 3. The Labute approximate surface area is 89.7 Å². The van der Waals surface area contributed by atoms with Gasteiger partial charge in [-0.15, -0.1) is 0 Å². The maximum atomic E-state index is 11.1. The fourth-order valence-electron chi connectivity index (χ4n) is 1.85. The maximum Gasteiger partial charge on any atom is 0.339 e. The Morgan fingerprint density at radius 2 is 2.07 bits per heavy atom. The van der Waals surface area contributed by atoms with Gasteiger partial charge in [0.15, 0.2) is 0 Å². The Morgan fingerprint density at radius 3 is 2.47 bits per heavy atom. The van der Waals surface area contributed by atoms with Crippen LogP contribution in [0.1, 0.15) is 34.0 Å². The quantitative estimate of drug-likeness (QED) is 0.830. The summed E-state index contributed by atoms with van der Waals surface area (Å²) >= 11 is 0. The molecule has 1 aromatic carbocycles. The summed E-state index contributed by atoms with van der Waals surface area (Å²) in [4.78, 5) is 11.1. The zero-order chi connectivity index (χ0) is 11.6. The number of aromatic carboxylic acids is 1. The molecular formula is C12H16O3. The molecule has 0 aliphatic rings. The largest absolute Gasteiger partial charge is 0.496 e. The summed E-state index contributed by atoms with van der Waals surface area (Å²) < 4.78 is 5.14. The van der Waals surface area contributed by atoms with Crippen LogP contribution in [-0.2, 0) is 6.42 Å². The van der Waals surface area contributed by atoms with E-state index in [4.69, 9.17) is 9.84 Å². The van der Waals surface area contributed by atoms with Crippen molar-refractivity contribution in [2.45, 2.75) is 27.2 Å². The third kappa shape index (κ3) is 1.96. The summed E-state index contributed by atoms with van der Waals surface area (Å²) in [6.07, 6.45) is 0.830. The number of aryl methyl sites for hydroxylation is 2. The van der Waals surface area contributed by atoms with Crippen LogP contribution in [0.15, 0.2) is 6.07 Å². The second-order valence-electron chi connectivity index (χ2n) is 3.54. The zero-order valence-corrected chi connectivity index (χ0v) is 9.55. The molecule has 0 radical (unpaired) electrons. The molecule has 0 aliphatic carbocycles. The van der Waals surface area contributed by atoms with Gasteiger partial charge in [0.2, 0.25) is 0 Å². The molecule has 0 bridgehead atoms. The molecule has 3 heteroatoms. The molecule has 0 spiro atoms. The van der Waals surface area contributed by atoms with Crippen LogP contribution < -0.4 is 4.74 Å². The van der Waals surface area contributed by atoms with Crippen LogP contribution in [0.4, 0.5) is 0 Å². The SMILES string of the molecule is CCc1cc(C)c(OC)c(C(=O)O)c1C. The molecule has 0 aliphatic heterocycles. The van der Waals surface area contributed by atoms with Gasteiger partial charge in [0.05, 0.1) is 7.11 Å². The van der Waals surface area contributed by atoms with Crippen molar-refractivity contribution in [2.24, 2.45) is 0 Å². The number of hydrogen-bond acceptors (Lipinski definition) is 2. The van der Waals surface area contributed by atoms with Gasteiger partial charge in [-0.3, -0.25) is 0 Å². The third-order valence-corrected chi connectivity index (χ3v) is 2.63. The van der Waals surface area contributed by atoms with Crippen molar-refractivity contribution in [1.29, 1.82) is 0 Å². The Balaban J connectivity index is 3.55. The van der Waals surface area contributed by atoms with Gasteiger partial charge < -0.3 is 9.84 Å². The second kappa shape index (κ2) is 4.34. The van der Waals surface area contributed by atoms with Gasteiger partial charge in [0.1, 0.15) is 11.3 Å². The Morgan fingerprint density at radius 1 is 1.47 bits per heavy atom. The molecule has 1 rings (SSSR count). The minimum absolute atomic E-state index is 0.286. The summed E-state index contributed by atoms with van der Waals surface area (Å²) in [5, 5.41) is 9.14. The van der Waals surface area contributed by atoms with Gasteiger partial charge in [-0.05, 0) is 37.0 Å². The van der Waals surface area contributed by atoms with Crippen LogP contribution in [0.5, 0.6) is 5.75 Å². The Hall–Kier alpha value is -1.51. The molecule has 3 nitrogen and oxygen atoms in total. The fraction of sp³-hybridized carbons (Fsp3) is 0.417. The van der Waals surface area contributed by atoms with E-state index in [1.165, 1.54) is 7.11 Å². The molecule has 15 heavy (non-hydrogen) atoms. The van der Waals surface area contributed by atoms with Gasteiger partial charge in [-0.2, -0.15) is 0 Å². The fourth-order valence-corrected chi connectivity index (χ4v) is 1.85. The van der Waals surface area contributed by atoms with E-state index in [0.717, 1.165) is 23.1 Å². The number of carboxylic acid groups (broad SMARTS) is 1. The number of methoxy groups -OCH3 is 1. The minimum Gasteiger partial charge on any atom is -0.496 e. The van der Waals surface area contributed by atoms with Crippen molar-refractivity contribution in [3.63, 3.8) is 0 Å². The molecule has 1 N–H and O–H groups in total. The van der Waals surface area contributed by atoms with E-state index in [-0.39, 0.29) is 5.56 Å². The molecule has 82 valence electrons. The highest BCUT2D eigenvalue weighted by Gasteiger charge is 2.18. The molecular weight excluding hydrogens is 192 g/mol. The van der Waals surface area contributed by atoms with Gasteiger partial charge in [-0.1, -0.05) is 13.0 Å². The smallest absolute Gasteiger partial charge is 0.339 e. The molecule has 0 amide bonds. The van der Waals surface area contributed by atoms with Crippen molar-refractivity contribution < 1.29 is 14.6 Å². The van der Waals surface area contributed by atoms with Crippen LogP contribution in [-0.4, -0.2) is 18.2 Å². The van der Waals surface area contributed by atoms with E-state index in [2.05, 4.69) is 0 Å². The van der Waals surface area contributed by atoms with Gasteiger partial charge in [0, 0.05) is 0 Å². The standard InChI is InChI=1S/C12H16O3/c1-5-9-6-7(2)11(15-4)10(8(9)3)12(13)14/h6H,5H2,1-4H3,(H,13,14). The molecule has 0 saturated carbocycles. The van der Waals surface area contributed by atoms with Gasteiger partial charge in [0.25, 0.3) is 0 Å². The summed E-state index contributed by atoms with van der Waals surface area (Å²) in [7, 11) is 1.50. The first-order chi connectivity index (χ1) is 7.02. The number of carboxylic acids is 1.